The summed E-state index contributed by atoms with van der Waals surface area (Å²) in [6, 6.07) is 11.6. The predicted molar refractivity (Wildman–Crippen MR) is 97.5 cm³/mol. The van der Waals surface area contributed by atoms with Gasteiger partial charge in [0.1, 0.15) is 25.9 Å². The van der Waals surface area contributed by atoms with Gasteiger partial charge in [-0.1, -0.05) is 12.1 Å². The molecule has 0 aliphatic carbocycles. The Bertz CT molecular complexity index is 1030. The third-order valence-corrected chi connectivity index (χ3v) is 5.77. The summed E-state index contributed by atoms with van der Waals surface area (Å²) in [5.74, 6) is 0.992. The smallest absolute Gasteiger partial charge is 0.241 e. The zero-order chi connectivity index (χ0) is 18.9. The summed E-state index contributed by atoms with van der Waals surface area (Å²) in [6.07, 6.45) is 3.06. The Morgan fingerprint density at radius 1 is 1.07 bits per heavy atom. The van der Waals surface area contributed by atoms with Gasteiger partial charge in [0, 0.05) is 12.1 Å². The highest BCUT2D eigenvalue weighted by molar-refractivity contribution is 7.89. The van der Waals surface area contributed by atoms with Crippen LogP contribution in [-0.2, 0) is 10.0 Å². The van der Waals surface area contributed by atoms with E-state index in [0.717, 1.165) is 11.3 Å². The lowest BCUT2D eigenvalue weighted by atomic mass is 10.1. The van der Waals surface area contributed by atoms with Gasteiger partial charge in [-0.3, -0.25) is 0 Å². The topological polar surface area (TPSA) is 95.3 Å². The SMILES string of the molecule is C[C@@H](NS(=O)(=O)c1ccc2c(c1)OCCO2)c1ccc(-n2cncn2)cc1. The number of ether oxygens (including phenoxy) is 2. The Labute approximate surface area is 156 Å². The van der Waals surface area contributed by atoms with Crippen molar-refractivity contribution in [2.24, 2.45) is 0 Å². The van der Waals surface area contributed by atoms with Crippen LogP contribution in [0.5, 0.6) is 11.5 Å². The van der Waals surface area contributed by atoms with Gasteiger partial charge in [0.05, 0.1) is 10.6 Å². The zero-order valence-corrected chi connectivity index (χ0v) is 15.4. The van der Waals surface area contributed by atoms with E-state index >= 15 is 0 Å². The molecule has 1 aliphatic rings. The first-order valence-electron chi connectivity index (χ1n) is 8.40. The second kappa shape index (κ2) is 7.01. The maximum atomic E-state index is 12.7. The number of rotatable bonds is 5. The van der Waals surface area contributed by atoms with E-state index in [9.17, 15) is 8.42 Å². The summed E-state index contributed by atoms with van der Waals surface area (Å²) in [6.45, 7) is 2.65. The van der Waals surface area contributed by atoms with Crippen LogP contribution in [0, 0.1) is 0 Å². The summed E-state index contributed by atoms with van der Waals surface area (Å²) >= 11 is 0. The summed E-state index contributed by atoms with van der Waals surface area (Å²) in [5.41, 5.74) is 1.68. The summed E-state index contributed by atoms with van der Waals surface area (Å²) in [7, 11) is -3.71. The molecule has 0 saturated heterocycles. The van der Waals surface area contributed by atoms with Crippen molar-refractivity contribution in [1.29, 1.82) is 0 Å². The zero-order valence-electron chi connectivity index (χ0n) is 14.6. The molecule has 4 rings (SSSR count). The first-order chi connectivity index (χ1) is 13.0. The molecule has 140 valence electrons. The molecular formula is C18H18N4O4S. The maximum absolute atomic E-state index is 12.7. The van der Waals surface area contributed by atoms with Gasteiger partial charge in [0.2, 0.25) is 10.0 Å². The number of nitrogens with zero attached hydrogens (tertiary/aromatic N) is 3. The third-order valence-electron chi connectivity index (χ3n) is 4.23. The van der Waals surface area contributed by atoms with E-state index in [1.807, 2.05) is 24.3 Å². The van der Waals surface area contributed by atoms with Crippen LogP contribution in [0.4, 0.5) is 0 Å². The monoisotopic (exact) mass is 386 g/mol. The fraction of sp³-hybridized carbons (Fsp3) is 0.222. The number of benzene rings is 2. The van der Waals surface area contributed by atoms with E-state index in [0.29, 0.717) is 24.7 Å². The minimum atomic E-state index is -3.71. The van der Waals surface area contributed by atoms with Crippen LogP contribution in [0.2, 0.25) is 0 Å². The largest absolute Gasteiger partial charge is 0.486 e. The number of sulfonamides is 1. The van der Waals surface area contributed by atoms with Crippen LogP contribution >= 0.6 is 0 Å². The summed E-state index contributed by atoms with van der Waals surface area (Å²) in [4.78, 5) is 4.05. The molecule has 0 fully saturated rings. The van der Waals surface area contributed by atoms with Gasteiger partial charge >= 0.3 is 0 Å². The van der Waals surface area contributed by atoms with Gasteiger partial charge in [-0.25, -0.2) is 22.8 Å². The lowest BCUT2D eigenvalue weighted by Crippen LogP contribution is -2.27. The van der Waals surface area contributed by atoms with Gasteiger partial charge < -0.3 is 9.47 Å². The molecule has 27 heavy (non-hydrogen) atoms. The van der Waals surface area contributed by atoms with Gasteiger partial charge in [-0.15, -0.1) is 0 Å². The molecular weight excluding hydrogens is 368 g/mol. The molecule has 1 aliphatic heterocycles. The van der Waals surface area contributed by atoms with E-state index in [4.69, 9.17) is 9.47 Å². The number of hydrogen-bond donors (Lipinski definition) is 1. The quantitative estimate of drug-likeness (QED) is 0.721. The highest BCUT2D eigenvalue weighted by atomic mass is 32.2. The molecule has 0 spiro atoms. The fourth-order valence-corrected chi connectivity index (χ4v) is 4.06. The van der Waals surface area contributed by atoms with Crippen molar-refractivity contribution in [3.63, 3.8) is 0 Å². The number of aromatic nitrogens is 3. The average molecular weight is 386 g/mol. The molecule has 2 heterocycles. The molecule has 1 atom stereocenters. The minimum absolute atomic E-state index is 0.137. The molecule has 9 heteroatoms. The third kappa shape index (κ3) is 3.64. The van der Waals surface area contributed by atoms with Crippen LogP contribution in [-0.4, -0.2) is 36.4 Å². The average Bonchev–Trinajstić information content (AvgIpc) is 3.22. The molecule has 3 aromatic rings. The van der Waals surface area contributed by atoms with E-state index in [-0.39, 0.29) is 4.90 Å². The van der Waals surface area contributed by atoms with E-state index in [1.54, 1.807) is 24.0 Å². The molecule has 2 aromatic carbocycles. The number of nitrogens with one attached hydrogen (secondary N) is 1. The molecule has 0 unspecified atom stereocenters. The van der Waals surface area contributed by atoms with Crippen molar-refractivity contribution in [3.8, 4) is 17.2 Å². The van der Waals surface area contributed by atoms with Crippen molar-refractivity contribution in [2.75, 3.05) is 13.2 Å². The van der Waals surface area contributed by atoms with E-state index < -0.39 is 16.1 Å². The second-order valence-corrected chi connectivity index (χ2v) is 7.79. The van der Waals surface area contributed by atoms with Crippen molar-refractivity contribution in [3.05, 3.63) is 60.7 Å². The van der Waals surface area contributed by atoms with Crippen molar-refractivity contribution < 1.29 is 17.9 Å². The summed E-state index contributed by atoms with van der Waals surface area (Å²) in [5, 5.41) is 4.07. The van der Waals surface area contributed by atoms with E-state index in [1.165, 1.54) is 18.5 Å². The Balaban J connectivity index is 1.52. The highest BCUT2D eigenvalue weighted by Crippen LogP contribution is 2.32. The maximum Gasteiger partial charge on any atom is 0.241 e. The number of hydrogen-bond acceptors (Lipinski definition) is 6. The van der Waals surface area contributed by atoms with Crippen LogP contribution in [0.15, 0.2) is 60.0 Å². The highest BCUT2D eigenvalue weighted by Gasteiger charge is 2.21. The molecule has 8 nitrogen and oxygen atoms in total. The molecule has 1 N–H and O–H groups in total. The Hall–Kier alpha value is -2.91. The first kappa shape index (κ1) is 17.5. The van der Waals surface area contributed by atoms with Gasteiger partial charge in [0.15, 0.2) is 11.5 Å². The second-order valence-electron chi connectivity index (χ2n) is 6.08. The predicted octanol–water partition coefficient (Wildman–Crippen LogP) is 2.08. The van der Waals surface area contributed by atoms with Crippen LogP contribution in [0.1, 0.15) is 18.5 Å². The van der Waals surface area contributed by atoms with Crippen molar-refractivity contribution in [2.45, 2.75) is 17.9 Å². The molecule has 0 radical (unpaired) electrons. The summed E-state index contributed by atoms with van der Waals surface area (Å²) < 4.78 is 40.7. The van der Waals surface area contributed by atoms with Gasteiger partial charge in [0.25, 0.3) is 0 Å². The Morgan fingerprint density at radius 2 is 1.81 bits per heavy atom. The molecule has 0 bridgehead atoms. The lowest BCUT2D eigenvalue weighted by molar-refractivity contribution is 0.171. The Morgan fingerprint density at radius 3 is 2.52 bits per heavy atom. The fourth-order valence-electron chi connectivity index (χ4n) is 2.82. The lowest BCUT2D eigenvalue weighted by Gasteiger charge is -2.20. The van der Waals surface area contributed by atoms with Gasteiger partial charge in [-0.2, -0.15) is 5.10 Å². The minimum Gasteiger partial charge on any atom is -0.486 e. The van der Waals surface area contributed by atoms with Crippen molar-refractivity contribution >= 4 is 10.0 Å². The normalized spacial score (nSPS) is 14.7. The van der Waals surface area contributed by atoms with Crippen LogP contribution in [0.25, 0.3) is 5.69 Å². The molecule has 0 amide bonds. The molecule has 0 saturated carbocycles. The van der Waals surface area contributed by atoms with Crippen LogP contribution < -0.4 is 14.2 Å². The number of fused-ring (bicyclic) bond motifs is 1. The first-order valence-corrected chi connectivity index (χ1v) is 9.88. The van der Waals surface area contributed by atoms with E-state index in [2.05, 4.69) is 14.8 Å². The Kier molecular flexibility index (Phi) is 4.54. The standard InChI is InChI=1S/C18H18N4O4S/c1-13(14-2-4-15(5-3-14)22-12-19-11-20-22)21-27(23,24)16-6-7-17-18(10-16)26-9-8-25-17/h2-7,10-13,21H,8-9H2,1H3/t13-/m1/s1. The van der Waals surface area contributed by atoms with Crippen molar-refractivity contribution in [1.82, 2.24) is 19.5 Å². The van der Waals surface area contributed by atoms with Crippen LogP contribution in [0.3, 0.4) is 0 Å². The molecule has 1 aromatic heterocycles. The van der Waals surface area contributed by atoms with Gasteiger partial charge in [-0.05, 0) is 36.8 Å².